The van der Waals surface area contributed by atoms with E-state index >= 15 is 0 Å². The van der Waals surface area contributed by atoms with Gasteiger partial charge in [0.1, 0.15) is 0 Å². The predicted molar refractivity (Wildman–Crippen MR) is 45.4 cm³/mol. The van der Waals surface area contributed by atoms with Gasteiger partial charge in [-0.1, -0.05) is 0 Å². The maximum Gasteiger partial charge on any atom is 0.189 e. The van der Waals surface area contributed by atoms with Gasteiger partial charge >= 0.3 is 0 Å². The van der Waals surface area contributed by atoms with E-state index in [0.717, 1.165) is 21.2 Å². The van der Waals surface area contributed by atoms with Crippen molar-refractivity contribution in [1.82, 2.24) is 4.98 Å². The number of hydrogen-bond donors (Lipinski definition) is 0. The lowest BCUT2D eigenvalue weighted by Crippen LogP contribution is -2.23. The van der Waals surface area contributed by atoms with Crippen LogP contribution in [0.15, 0.2) is 30.7 Å². The summed E-state index contributed by atoms with van der Waals surface area (Å²) in [5, 5.41) is 12.8. The Morgan fingerprint density at radius 1 is 1.42 bits per heavy atom. The highest BCUT2D eigenvalue weighted by Gasteiger charge is 1.97. The Bertz CT molecular complexity index is 385. The van der Waals surface area contributed by atoms with Crippen LogP contribution in [0.5, 0.6) is 0 Å². The van der Waals surface area contributed by atoms with E-state index in [9.17, 15) is 5.21 Å². The van der Waals surface area contributed by atoms with Crippen LogP contribution in [0.2, 0.25) is 0 Å². The third kappa shape index (κ3) is 1.09. The second-order valence-electron chi connectivity index (χ2n) is 2.76. The molecule has 2 aromatic heterocycles. The van der Waals surface area contributed by atoms with Gasteiger partial charge in [-0.25, -0.2) is 0 Å². The zero-order chi connectivity index (χ0) is 8.55. The van der Waals surface area contributed by atoms with Crippen LogP contribution in [-0.2, 0) is 0 Å². The van der Waals surface area contributed by atoms with E-state index in [0.29, 0.717) is 0 Å². The normalized spacial score (nSPS) is 10.4. The summed E-state index contributed by atoms with van der Waals surface area (Å²) in [6, 6.07) is 3.74. The minimum atomic E-state index is 0.777. The largest absolute Gasteiger partial charge is 0.619 e. The minimum absolute atomic E-state index is 0.777. The van der Waals surface area contributed by atoms with Crippen LogP contribution >= 0.6 is 0 Å². The van der Waals surface area contributed by atoms with E-state index in [2.05, 4.69) is 4.98 Å². The second kappa shape index (κ2) is 2.44. The van der Waals surface area contributed by atoms with E-state index in [1.54, 1.807) is 12.3 Å². The van der Waals surface area contributed by atoms with E-state index in [1.165, 1.54) is 12.4 Å². The van der Waals surface area contributed by atoms with Gasteiger partial charge in [-0.15, -0.1) is 0 Å². The highest BCUT2D eigenvalue weighted by Crippen LogP contribution is 2.09. The maximum absolute atomic E-state index is 10.9. The van der Waals surface area contributed by atoms with E-state index in [-0.39, 0.29) is 0 Å². The highest BCUT2D eigenvalue weighted by molar-refractivity contribution is 5.79. The Hall–Kier alpha value is -1.64. The monoisotopic (exact) mass is 160 g/mol. The molecule has 2 rings (SSSR count). The number of rotatable bonds is 0. The summed E-state index contributed by atoms with van der Waals surface area (Å²) in [4.78, 5) is 4.10. The molecule has 0 spiro atoms. The van der Waals surface area contributed by atoms with Crippen molar-refractivity contribution in [2.75, 3.05) is 0 Å². The number of pyridine rings is 2. The lowest BCUT2D eigenvalue weighted by molar-refractivity contribution is -0.603. The Kier molecular flexibility index (Phi) is 1.43. The van der Waals surface area contributed by atoms with Crippen molar-refractivity contribution in [1.29, 1.82) is 0 Å². The predicted octanol–water partition coefficient (Wildman–Crippen LogP) is 1.18. The third-order valence-electron chi connectivity index (χ3n) is 1.77. The molecule has 0 aromatic carbocycles. The fourth-order valence-electron chi connectivity index (χ4n) is 1.18. The molecule has 0 aliphatic heterocycles. The summed E-state index contributed by atoms with van der Waals surface area (Å²) in [6.07, 6.45) is 4.71. The molecule has 0 saturated heterocycles. The summed E-state index contributed by atoms with van der Waals surface area (Å²) in [6.45, 7) is 1.93. The standard InChI is InChI=1S/C9H8N2O/c1-7-4-8-2-3-11(12)6-9(8)5-10-7/h2-6H,1H3. The first kappa shape index (κ1) is 7.03. The molecule has 3 heteroatoms. The van der Waals surface area contributed by atoms with Gasteiger partial charge in [0.15, 0.2) is 12.4 Å². The Morgan fingerprint density at radius 2 is 2.25 bits per heavy atom. The fourth-order valence-corrected chi connectivity index (χ4v) is 1.18. The summed E-state index contributed by atoms with van der Waals surface area (Å²) in [7, 11) is 0. The molecular weight excluding hydrogens is 152 g/mol. The Labute approximate surface area is 69.9 Å². The maximum atomic E-state index is 10.9. The first-order chi connectivity index (χ1) is 5.75. The van der Waals surface area contributed by atoms with Crippen LogP contribution in [0, 0.1) is 12.1 Å². The number of aromatic nitrogens is 2. The number of hydrogen-bond acceptors (Lipinski definition) is 2. The third-order valence-corrected chi connectivity index (χ3v) is 1.77. The molecule has 12 heavy (non-hydrogen) atoms. The van der Waals surface area contributed by atoms with Crippen molar-refractivity contribution in [3.63, 3.8) is 0 Å². The van der Waals surface area contributed by atoms with Gasteiger partial charge in [0.05, 0.1) is 5.39 Å². The van der Waals surface area contributed by atoms with Gasteiger partial charge in [-0.3, -0.25) is 4.98 Å². The average Bonchev–Trinajstić information content (AvgIpc) is 2.05. The van der Waals surface area contributed by atoms with Crippen molar-refractivity contribution in [2.24, 2.45) is 0 Å². The molecule has 0 unspecified atom stereocenters. The van der Waals surface area contributed by atoms with E-state index in [1.807, 2.05) is 13.0 Å². The van der Waals surface area contributed by atoms with Crippen LogP contribution in [0.25, 0.3) is 10.8 Å². The molecule has 0 radical (unpaired) electrons. The zero-order valence-corrected chi connectivity index (χ0v) is 6.69. The van der Waals surface area contributed by atoms with Crippen molar-refractivity contribution < 1.29 is 4.73 Å². The van der Waals surface area contributed by atoms with Crippen LogP contribution in [0.1, 0.15) is 5.69 Å². The first-order valence-electron chi connectivity index (χ1n) is 3.71. The fraction of sp³-hybridized carbons (Fsp3) is 0.111. The quantitative estimate of drug-likeness (QED) is 0.428. The first-order valence-corrected chi connectivity index (χ1v) is 3.71. The molecule has 0 aliphatic rings. The second-order valence-corrected chi connectivity index (χ2v) is 2.76. The molecule has 3 nitrogen and oxygen atoms in total. The zero-order valence-electron chi connectivity index (χ0n) is 6.69. The minimum Gasteiger partial charge on any atom is -0.619 e. The van der Waals surface area contributed by atoms with Gasteiger partial charge in [-0.05, 0) is 18.4 Å². The molecule has 0 bridgehead atoms. The van der Waals surface area contributed by atoms with Gasteiger partial charge in [0.2, 0.25) is 0 Å². The van der Waals surface area contributed by atoms with Gasteiger partial charge in [0, 0.05) is 18.0 Å². The van der Waals surface area contributed by atoms with Crippen molar-refractivity contribution >= 4 is 10.8 Å². The highest BCUT2D eigenvalue weighted by atomic mass is 16.5. The number of nitrogens with zero attached hydrogens (tertiary/aromatic N) is 2. The molecule has 0 atom stereocenters. The molecule has 2 heterocycles. The van der Waals surface area contributed by atoms with E-state index < -0.39 is 0 Å². The average molecular weight is 160 g/mol. The Morgan fingerprint density at radius 3 is 3.08 bits per heavy atom. The summed E-state index contributed by atoms with van der Waals surface area (Å²) >= 11 is 0. The van der Waals surface area contributed by atoms with Gasteiger partial charge in [-0.2, -0.15) is 4.73 Å². The van der Waals surface area contributed by atoms with Crippen molar-refractivity contribution in [3.8, 4) is 0 Å². The van der Waals surface area contributed by atoms with Crippen molar-refractivity contribution in [2.45, 2.75) is 6.92 Å². The van der Waals surface area contributed by atoms with E-state index in [4.69, 9.17) is 0 Å². The molecule has 0 amide bonds. The van der Waals surface area contributed by atoms with Crippen LogP contribution in [0.4, 0.5) is 0 Å². The van der Waals surface area contributed by atoms with Gasteiger partial charge in [0.25, 0.3) is 0 Å². The molecule has 0 N–H and O–H groups in total. The van der Waals surface area contributed by atoms with Crippen LogP contribution < -0.4 is 4.73 Å². The number of fused-ring (bicyclic) bond motifs is 1. The van der Waals surface area contributed by atoms with Gasteiger partial charge < -0.3 is 5.21 Å². The lowest BCUT2D eigenvalue weighted by Gasteiger charge is -1.98. The van der Waals surface area contributed by atoms with Crippen LogP contribution in [-0.4, -0.2) is 4.98 Å². The molecule has 60 valence electrons. The van der Waals surface area contributed by atoms with Crippen LogP contribution in [0.3, 0.4) is 0 Å². The summed E-state index contributed by atoms with van der Waals surface area (Å²) < 4.78 is 0.777. The molecule has 2 aromatic rings. The Balaban J connectivity index is 2.79. The molecular formula is C9H8N2O. The van der Waals surface area contributed by atoms with Crippen molar-refractivity contribution in [3.05, 3.63) is 41.6 Å². The summed E-state index contributed by atoms with van der Waals surface area (Å²) in [5.41, 5.74) is 0.964. The lowest BCUT2D eigenvalue weighted by atomic mass is 10.2. The topological polar surface area (TPSA) is 39.8 Å². The SMILES string of the molecule is Cc1cc2cc[n+]([O-])cc2cn1. The summed E-state index contributed by atoms with van der Waals surface area (Å²) in [5.74, 6) is 0. The smallest absolute Gasteiger partial charge is 0.189 e. The molecule has 0 fully saturated rings. The molecule has 0 aliphatic carbocycles. The number of aryl methyl sites for hydroxylation is 1. The molecule has 0 saturated carbocycles.